The van der Waals surface area contributed by atoms with Crippen LogP contribution in [0.5, 0.6) is 11.5 Å². The standard InChI is InChI=1S/C23H29N3O6S/c1-5-15(2)21(25-22-17-8-6-7-9-20(17)33(28,29)26-22)23(27)24-16-10-11-18(31-4)19(14-16)32-13-12-30-3/h6-11,14-15,21H,5,12-13H2,1-4H3,(H,24,27)(H,25,26)/t15-,21-/m0/s1. The highest BCUT2D eigenvalue weighted by atomic mass is 32.2. The molecule has 3 rings (SSSR count). The van der Waals surface area contributed by atoms with Gasteiger partial charge in [-0.3, -0.25) is 14.5 Å². The zero-order chi connectivity index (χ0) is 24.0. The number of nitrogens with one attached hydrogen (secondary N) is 2. The van der Waals surface area contributed by atoms with Crippen molar-refractivity contribution >= 4 is 27.5 Å². The molecule has 0 radical (unpaired) electrons. The molecular formula is C23H29N3O6S. The van der Waals surface area contributed by atoms with E-state index in [-0.39, 0.29) is 22.6 Å². The van der Waals surface area contributed by atoms with Gasteiger partial charge in [0.1, 0.15) is 18.5 Å². The Morgan fingerprint density at radius 2 is 1.88 bits per heavy atom. The molecule has 2 atom stereocenters. The minimum absolute atomic E-state index is 0.134. The molecule has 1 aliphatic rings. The maximum Gasteiger partial charge on any atom is 0.263 e. The van der Waals surface area contributed by atoms with Gasteiger partial charge in [-0.1, -0.05) is 32.4 Å². The third kappa shape index (κ3) is 5.63. The van der Waals surface area contributed by atoms with Gasteiger partial charge < -0.3 is 19.5 Å². The zero-order valence-electron chi connectivity index (χ0n) is 19.1. The van der Waals surface area contributed by atoms with Crippen LogP contribution in [-0.4, -0.2) is 53.6 Å². The number of amides is 1. The van der Waals surface area contributed by atoms with E-state index in [9.17, 15) is 13.2 Å². The molecular weight excluding hydrogens is 446 g/mol. The van der Waals surface area contributed by atoms with Crippen molar-refractivity contribution in [3.63, 3.8) is 0 Å². The highest BCUT2D eigenvalue weighted by Crippen LogP contribution is 2.31. The summed E-state index contributed by atoms with van der Waals surface area (Å²) < 4.78 is 43.3. The van der Waals surface area contributed by atoms with Crippen molar-refractivity contribution in [2.45, 2.75) is 31.2 Å². The van der Waals surface area contributed by atoms with Crippen molar-refractivity contribution in [3.05, 3.63) is 48.0 Å². The molecule has 33 heavy (non-hydrogen) atoms. The lowest BCUT2D eigenvalue weighted by atomic mass is 9.98. The number of nitrogens with zero attached hydrogens (tertiary/aromatic N) is 1. The largest absolute Gasteiger partial charge is 0.493 e. The summed E-state index contributed by atoms with van der Waals surface area (Å²) in [6, 6.07) is 10.8. The van der Waals surface area contributed by atoms with Crippen molar-refractivity contribution in [3.8, 4) is 11.5 Å². The Balaban J connectivity index is 1.87. The highest BCUT2D eigenvalue weighted by Gasteiger charge is 2.33. The maximum absolute atomic E-state index is 13.2. The van der Waals surface area contributed by atoms with Gasteiger partial charge >= 0.3 is 0 Å². The molecule has 0 aromatic heterocycles. The first kappa shape index (κ1) is 24.5. The molecule has 0 unspecified atom stereocenters. The van der Waals surface area contributed by atoms with Crippen LogP contribution in [0.4, 0.5) is 5.69 Å². The summed E-state index contributed by atoms with van der Waals surface area (Å²) in [6.07, 6.45) is 0.678. The SMILES string of the molecule is CC[C@H](C)[C@H](N=C1NS(=O)(=O)c2ccccc21)C(=O)Nc1ccc(OC)c(OCCOC)c1. The summed E-state index contributed by atoms with van der Waals surface area (Å²) in [6.45, 7) is 4.58. The number of anilines is 1. The summed E-state index contributed by atoms with van der Waals surface area (Å²) in [4.78, 5) is 17.9. The van der Waals surface area contributed by atoms with Crippen LogP contribution >= 0.6 is 0 Å². The number of rotatable bonds is 10. The third-order valence-corrected chi connectivity index (χ3v) is 6.76. The van der Waals surface area contributed by atoms with Gasteiger partial charge in [-0.25, -0.2) is 8.42 Å². The van der Waals surface area contributed by atoms with Gasteiger partial charge in [0.2, 0.25) is 5.91 Å². The minimum Gasteiger partial charge on any atom is -0.493 e. The summed E-state index contributed by atoms with van der Waals surface area (Å²) in [5.74, 6) is 0.680. The molecule has 0 fully saturated rings. The zero-order valence-corrected chi connectivity index (χ0v) is 19.9. The maximum atomic E-state index is 13.2. The van der Waals surface area contributed by atoms with Crippen LogP contribution < -0.4 is 19.5 Å². The number of hydrogen-bond donors (Lipinski definition) is 2. The van der Waals surface area contributed by atoms with E-state index in [0.29, 0.717) is 42.4 Å². The molecule has 1 heterocycles. The van der Waals surface area contributed by atoms with Gasteiger partial charge in [0, 0.05) is 24.4 Å². The average molecular weight is 476 g/mol. The van der Waals surface area contributed by atoms with Gasteiger partial charge in [0.25, 0.3) is 10.0 Å². The number of aliphatic imine (C=N–C) groups is 1. The predicted molar refractivity (Wildman–Crippen MR) is 126 cm³/mol. The first-order chi connectivity index (χ1) is 15.8. The fourth-order valence-electron chi connectivity index (χ4n) is 3.35. The van der Waals surface area contributed by atoms with Gasteiger partial charge in [-0.15, -0.1) is 0 Å². The number of sulfonamides is 1. The first-order valence-corrected chi connectivity index (χ1v) is 12.1. The van der Waals surface area contributed by atoms with Gasteiger partial charge in [0.05, 0.1) is 18.6 Å². The van der Waals surface area contributed by atoms with Crippen LogP contribution in [0.15, 0.2) is 52.4 Å². The number of ether oxygens (including phenoxy) is 3. The molecule has 1 amide bonds. The van der Waals surface area contributed by atoms with Crippen LogP contribution in [0.2, 0.25) is 0 Å². The van der Waals surface area contributed by atoms with Crippen molar-refractivity contribution in [1.29, 1.82) is 0 Å². The number of fused-ring (bicyclic) bond motifs is 1. The molecule has 10 heteroatoms. The molecule has 0 bridgehead atoms. The number of benzene rings is 2. The molecule has 2 aromatic rings. The van der Waals surface area contributed by atoms with Crippen LogP contribution in [0.1, 0.15) is 25.8 Å². The Hall–Kier alpha value is -3.11. The summed E-state index contributed by atoms with van der Waals surface area (Å²) in [5.41, 5.74) is 0.964. The number of carbonyl (C=O) groups excluding carboxylic acids is 1. The van der Waals surface area contributed by atoms with E-state index in [4.69, 9.17) is 14.2 Å². The Morgan fingerprint density at radius 3 is 2.58 bits per heavy atom. The molecule has 0 saturated heterocycles. The normalized spacial score (nSPS) is 17.0. The first-order valence-electron chi connectivity index (χ1n) is 10.6. The summed E-state index contributed by atoms with van der Waals surface area (Å²) >= 11 is 0. The van der Waals surface area contributed by atoms with E-state index < -0.39 is 16.1 Å². The molecule has 1 aliphatic heterocycles. The fraction of sp³-hybridized carbons (Fsp3) is 0.391. The molecule has 0 spiro atoms. The molecule has 2 N–H and O–H groups in total. The predicted octanol–water partition coefficient (Wildman–Crippen LogP) is 2.81. The number of amidine groups is 1. The van der Waals surface area contributed by atoms with E-state index in [0.717, 1.165) is 0 Å². The fourth-order valence-corrected chi connectivity index (χ4v) is 4.59. The number of carbonyl (C=O) groups is 1. The Labute approximate surface area is 194 Å². The second-order valence-electron chi connectivity index (χ2n) is 7.61. The second-order valence-corrected chi connectivity index (χ2v) is 9.26. The quantitative estimate of drug-likeness (QED) is 0.511. The van der Waals surface area contributed by atoms with E-state index in [1.54, 1.807) is 43.5 Å². The van der Waals surface area contributed by atoms with E-state index in [1.807, 2.05) is 13.8 Å². The Kier molecular flexibility index (Phi) is 7.93. The number of methoxy groups -OCH3 is 2. The monoisotopic (exact) mass is 475 g/mol. The lowest BCUT2D eigenvalue weighted by Gasteiger charge is -2.20. The van der Waals surface area contributed by atoms with Crippen molar-refractivity contribution in [2.75, 3.05) is 32.8 Å². The molecule has 178 valence electrons. The highest BCUT2D eigenvalue weighted by molar-refractivity contribution is 7.90. The van der Waals surface area contributed by atoms with Crippen molar-refractivity contribution in [2.24, 2.45) is 10.9 Å². The lowest BCUT2D eigenvalue weighted by Crippen LogP contribution is -2.34. The van der Waals surface area contributed by atoms with Crippen LogP contribution in [0, 0.1) is 5.92 Å². The van der Waals surface area contributed by atoms with Crippen molar-refractivity contribution in [1.82, 2.24) is 4.72 Å². The van der Waals surface area contributed by atoms with Crippen molar-refractivity contribution < 1.29 is 27.4 Å². The van der Waals surface area contributed by atoms with Crippen LogP contribution in [0.3, 0.4) is 0 Å². The average Bonchev–Trinajstić information content (AvgIpc) is 3.07. The van der Waals surface area contributed by atoms with E-state index in [1.165, 1.54) is 13.2 Å². The summed E-state index contributed by atoms with van der Waals surface area (Å²) in [7, 11) is -0.581. The van der Waals surface area contributed by atoms with E-state index in [2.05, 4.69) is 15.0 Å². The van der Waals surface area contributed by atoms with Crippen LogP contribution in [-0.2, 0) is 19.6 Å². The number of hydrogen-bond acceptors (Lipinski definition) is 7. The van der Waals surface area contributed by atoms with Gasteiger partial charge in [-0.05, 0) is 30.2 Å². The van der Waals surface area contributed by atoms with E-state index >= 15 is 0 Å². The summed E-state index contributed by atoms with van der Waals surface area (Å²) in [5, 5.41) is 2.87. The molecule has 2 aromatic carbocycles. The van der Waals surface area contributed by atoms with Gasteiger partial charge in [0.15, 0.2) is 11.5 Å². The third-order valence-electron chi connectivity index (χ3n) is 5.36. The Morgan fingerprint density at radius 1 is 1.12 bits per heavy atom. The van der Waals surface area contributed by atoms with Gasteiger partial charge in [-0.2, -0.15) is 0 Å². The molecule has 0 aliphatic carbocycles. The molecule has 0 saturated carbocycles. The lowest BCUT2D eigenvalue weighted by molar-refractivity contribution is -0.118. The van der Waals surface area contributed by atoms with Crippen LogP contribution in [0.25, 0.3) is 0 Å². The smallest absolute Gasteiger partial charge is 0.263 e. The topological polar surface area (TPSA) is 115 Å². The Bertz CT molecular complexity index is 1130. The molecule has 9 nitrogen and oxygen atoms in total. The second kappa shape index (κ2) is 10.7. The minimum atomic E-state index is -3.70.